The van der Waals surface area contributed by atoms with Crippen molar-refractivity contribution in [3.63, 3.8) is 0 Å². The van der Waals surface area contributed by atoms with Crippen LogP contribution in [-0.2, 0) is 0 Å². The molecule has 1 unspecified atom stereocenters. The minimum atomic E-state index is 0. The molecule has 1 atom stereocenters. The van der Waals surface area contributed by atoms with Crippen molar-refractivity contribution in [2.75, 3.05) is 13.1 Å². The van der Waals surface area contributed by atoms with E-state index in [-0.39, 0.29) is 17.9 Å². The molecule has 0 radical (unpaired) electrons. The number of rotatable bonds is 6. The van der Waals surface area contributed by atoms with Crippen molar-refractivity contribution < 1.29 is 0 Å². The van der Waals surface area contributed by atoms with E-state index in [1.807, 2.05) is 0 Å². The maximum absolute atomic E-state index is 6.11. The van der Waals surface area contributed by atoms with E-state index in [9.17, 15) is 0 Å². The highest BCUT2D eigenvalue weighted by atomic mass is 35.5. The lowest BCUT2D eigenvalue weighted by atomic mass is 10.3. The molecule has 0 fully saturated rings. The molecule has 0 aliphatic carbocycles. The molecule has 0 saturated carbocycles. The average Bonchev–Trinajstić information content (AvgIpc) is 2.03. The third-order valence-electron chi connectivity index (χ3n) is 1.75. The number of halogens is 2. The Bertz CT molecular complexity index is 82.6. The summed E-state index contributed by atoms with van der Waals surface area (Å²) in [6.45, 7) is 8.80. The van der Waals surface area contributed by atoms with Crippen LogP contribution in [0, 0.1) is 0 Å². The van der Waals surface area contributed by atoms with Crippen LogP contribution >= 0.6 is 24.0 Å². The van der Waals surface area contributed by atoms with Crippen LogP contribution < -0.4 is 0 Å². The van der Waals surface area contributed by atoms with Gasteiger partial charge in [0.05, 0.1) is 5.50 Å². The zero-order chi connectivity index (χ0) is 8.69. The van der Waals surface area contributed by atoms with E-state index in [2.05, 4.69) is 25.7 Å². The topological polar surface area (TPSA) is 3.24 Å². The highest BCUT2D eigenvalue weighted by Crippen LogP contribution is 2.09. The first kappa shape index (κ1) is 15.0. The Kier molecular flexibility index (Phi) is 12.1. The van der Waals surface area contributed by atoms with Crippen LogP contribution in [0.2, 0.25) is 0 Å². The fourth-order valence-corrected chi connectivity index (χ4v) is 1.42. The van der Waals surface area contributed by atoms with Crippen LogP contribution in [0.15, 0.2) is 0 Å². The van der Waals surface area contributed by atoms with E-state index in [1.165, 1.54) is 12.8 Å². The van der Waals surface area contributed by atoms with Gasteiger partial charge in [-0.2, -0.15) is 0 Å². The van der Waals surface area contributed by atoms with E-state index >= 15 is 0 Å². The lowest BCUT2D eigenvalue weighted by molar-refractivity contribution is 0.247. The van der Waals surface area contributed by atoms with Gasteiger partial charge in [-0.3, -0.25) is 4.90 Å². The molecule has 76 valence electrons. The SMILES string of the molecule is CCCN(CCC)C(Cl)CC.Cl. The average molecular weight is 214 g/mol. The zero-order valence-electron chi connectivity index (χ0n) is 8.35. The summed E-state index contributed by atoms with van der Waals surface area (Å²) >= 11 is 6.11. The van der Waals surface area contributed by atoms with Crippen LogP contribution in [0.5, 0.6) is 0 Å². The van der Waals surface area contributed by atoms with Gasteiger partial charge in [-0.05, 0) is 32.4 Å². The Morgan fingerprint density at radius 2 is 1.50 bits per heavy atom. The quantitative estimate of drug-likeness (QED) is 0.483. The number of hydrogen-bond donors (Lipinski definition) is 0. The Morgan fingerprint density at radius 1 is 1.08 bits per heavy atom. The molecule has 0 amide bonds. The summed E-state index contributed by atoms with van der Waals surface area (Å²) in [5, 5.41) is 0. The van der Waals surface area contributed by atoms with E-state index in [1.54, 1.807) is 0 Å². The number of hydrogen-bond acceptors (Lipinski definition) is 1. The molecule has 12 heavy (non-hydrogen) atoms. The molecule has 0 aliphatic heterocycles. The van der Waals surface area contributed by atoms with Crippen LogP contribution in [0.1, 0.15) is 40.0 Å². The van der Waals surface area contributed by atoms with Crippen molar-refractivity contribution in [1.82, 2.24) is 4.90 Å². The van der Waals surface area contributed by atoms with E-state index < -0.39 is 0 Å². The molecule has 0 aromatic carbocycles. The highest BCUT2D eigenvalue weighted by Gasteiger charge is 2.10. The van der Waals surface area contributed by atoms with Crippen LogP contribution in [0.3, 0.4) is 0 Å². The minimum Gasteiger partial charge on any atom is -0.287 e. The van der Waals surface area contributed by atoms with Crippen molar-refractivity contribution >= 4 is 24.0 Å². The summed E-state index contributed by atoms with van der Waals surface area (Å²) in [4.78, 5) is 2.35. The Hall–Kier alpha value is 0.540. The molecular formula is C9H21Cl2N. The summed E-state index contributed by atoms with van der Waals surface area (Å²) in [6, 6.07) is 0. The predicted octanol–water partition coefficient (Wildman–Crippen LogP) is 3.51. The summed E-state index contributed by atoms with van der Waals surface area (Å²) < 4.78 is 0. The molecule has 0 aliphatic rings. The third-order valence-corrected chi connectivity index (χ3v) is 2.34. The first-order valence-corrected chi connectivity index (χ1v) is 5.07. The van der Waals surface area contributed by atoms with Gasteiger partial charge in [0.2, 0.25) is 0 Å². The predicted molar refractivity (Wildman–Crippen MR) is 59.3 cm³/mol. The molecule has 0 saturated heterocycles. The Balaban J connectivity index is 0. The van der Waals surface area contributed by atoms with Gasteiger partial charge in [-0.15, -0.1) is 24.0 Å². The third kappa shape index (κ3) is 6.10. The monoisotopic (exact) mass is 213 g/mol. The first-order chi connectivity index (χ1) is 5.26. The second-order valence-corrected chi connectivity index (χ2v) is 3.38. The van der Waals surface area contributed by atoms with Crippen molar-refractivity contribution in [1.29, 1.82) is 0 Å². The largest absolute Gasteiger partial charge is 0.287 e. The summed E-state index contributed by atoms with van der Waals surface area (Å²) in [6.07, 6.45) is 3.44. The molecule has 0 aromatic heterocycles. The fourth-order valence-electron chi connectivity index (χ4n) is 1.22. The lowest BCUT2D eigenvalue weighted by Crippen LogP contribution is -2.32. The molecule has 0 heterocycles. The molecule has 0 spiro atoms. The van der Waals surface area contributed by atoms with E-state index in [4.69, 9.17) is 11.6 Å². The fraction of sp³-hybridized carbons (Fsp3) is 1.00. The first-order valence-electron chi connectivity index (χ1n) is 4.64. The normalized spacial score (nSPS) is 12.8. The van der Waals surface area contributed by atoms with E-state index in [0.29, 0.717) is 0 Å². The zero-order valence-corrected chi connectivity index (χ0v) is 9.92. The van der Waals surface area contributed by atoms with Crippen LogP contribution in [-0.4, -0.2) is 23.5 Å². The molecule has 3 heteroatoms. The van der Waals surface area contributed by atoms with Crippen LogP contribution in [0.25, 0.3) is 0 Å². The Morgan fingerprint density at radius 3 is 1.75 bits per heavy atom. The van der Waals surface area contributed by atoms with Crippen molar-refractivity contribution in [2.24, 2.45) is 0 Å². The second-order valence-electron chi connectivity index (χ2n) is 2.88. The second kappa shape index (κ2) is 9.63. The van der Waals surface area contributed by atoms with E-state index in [0.717, 1.165) is 19.5 Å². The van der Waals surface area contributed by atoms with Gasteiger partial charge in [0.25, 0.3) is 0 Å². The smallest absolute Gasteiger partial charge is 0.0847 e. The van der Waals surface area contributed by atoms with Gasteiger partial charge < -0.3 is 0 Å². The van der Waals surface area contributed by atoms with Crippen molar-refractivity contribution in [3.8, 4) is 0 Å². The van der Waals surface area contributed by atoms with Crippen LogP contribution in [0.4, 0.5) is 0 Å². The number of alkyl halides is 1. The van der Waals surface area contributed by atoms with Gasteiger partial charge >= 0.3 is 0 Å². The standard InChI is InChI=1S/C9H20ClN.ClH/c1-4-7-11(8-5-2)9(10)6-3;/h9H,4-8H2,1-3H3;1H. The minimum absolute atomic E-state index is 0. The summed E-state index contributed by atoms with van der Waals surface area (Å²) in [5.41, 5.74) is 0.245. The van der Waals surface area contributed by atoms with Gasteiger partial charge in [0.15, 0.2) is 0 Å². The van der Waals surface area contributed by atoms with Crippen molar-refractivity contribution in [3.05, 3.63) is 0 Å². The molecule has 1 nitrogen and oxygen atoms in total. The molecule has 0 bridgehead atoms. The number of nitrogens with zero attached hydrogens (tertiary/aromatic N) is 1. The summed E-state index contributed by atoms with van der Waals surface area (Å²) in [5.74, 6) is 0. The Labute approximate surface area is 87.9 Å². The maximum atomic E-state index is 6.11. The van der Waals surface area contributed by atoms with Gasteiger partial charge in [-0.1, -0.05) is 20.8 Å². The van der Waals surface area contributed by atoms with Gasteiger partial charge in [0.1, 0.15) is 0 Å². The molecule has 0 aromatic rings. The van der Waals surface area contributed by atoms with Gasteiger partial charge in [-0.25, -0.2) is 0 Å². The molecule has 0 N–H and O–H groups in total. The molecular weight excluding hydrogens is 193 g/mol. The maximum Gasteiger partial charge on any atom is 0.0847 e. The lowest BCUT2D eigenvalue weighted by Gasteiger charge is -2.25. The van der Waals surface area contributed by atoms with Gasteiger partial charge in [0, 0.05) is 0 Å². The van der Waals surface area contributed by atoms with Crippen molar-refractivity contribution in [2.45, 2.75) is 45.5 Å². The molecule has 0 rings (SSSR count). The summed E-state index contributed by atoms with van der Waals surface area (Å²) in [7, 11) is 0. The highest BCUT2D eigenvalue weighted by molar-refractivity contribution is 6.20.